The molecule has 0 aliphatic rings. The average Bonchev–Trinajstić information content (AvgIpc) is 2.70. The maximum absolute atomic E-state index is 5.64. The molecule has 0 bridgehead atoms. The zero-order chi connectivity index (χ0) is 12.4. The third kappa shape index (κ3) is 2.40. The number of benzene rings is 1. The highest BCUT2D eigenvalue weighted by atomic mass is 79.9. The highest BCUT2D eigenvalue weighted by Gasteiger charge is 2.12. The van der Waals surface area contributed by atoms with Crippen molar-refractivity contribution in [2.24, 2.45) is 0 Å². The predicted octanol–water partition coefficient (Wildman–Crippen LogP) is 4.31. The third-order valence-corrected chi connectivity index (χ3v) is 4.26. The minimum absolute atomic E-state index is 0.872. The smallest absolute Gasteiger partial charge is 0.134 e. The predicted molar refractivity (Wildman–Crippen MR) is 75.4 cm³/mol. The van der Waals surface area contributed by atoms with E-state index in [0.29, 0.717) is 0 Å². The van der Waals surface area contributed by atoms with Crippen LogP contribution in [0.5, 0.6) is 0 Å². The van der Waals surface area contributed by atoms with E-state index in [0.717, 1.165) is 25.1 Å². The first-order valence-corrected chi connectivity index (χ1v) is 6.81. The molecule has 1 N–H and O–H groups in total. The summed E-state index contributed by atoms with van der Waals surface area (Å²) in [5.41, 5.74) is 4.71. The van der Waals surface area contributed by atoms with Gasteiger partial charge in [-0.3, -0.25) is 0 Å². The summed E-state index contributed by atoms with van der Waals surface area (Å²) >= 11 is 3.64. The Morgan fingerprint density at radius 2 is 2.12 bits per heavy atom. The molecule has 2 nitrogen and oxygen atoms in total. The summed E-state index contributed by atoms with van der Waals surface area (Å²) in [5.74, 6) is 0. The lowest BCUT2D eigenvalue weighted by Crippen LogP contribution is -2.13. The topological polar surface area (TPSA) is 25.2 Å². The van der Waals surface area contributed by atoms with Gasteiger partial charge in [0.1, 0.15) is 5.58 Å². The number of halogens is 1. The minimum Gasteiger partial charge on any atom is -0.464 e. The lowest BCUT2D eigenvalue weighted by molar-refractivity contribution is 0.601. The molecule has 17 heavy (non-hydrogen) atoms. The Bertz CT molecular complexity index is 530. The quantitative estimate of drug-likeness (QED) is 0.850. The maximum Gasteiger partial charge on any atom is 0.134 e. The van der Waals surface area contributed by atoms with Crippen LogP contribution in [-0.4, -0.2) is 6.54 Å². The Balaban J connectivity index is 2.41. The van der Waals surface area contributed by atoms with Gasteiger partial charge in [0.15, 0.2) is 0 Å². The van der Waals surface area contributed by atoms with Crippen molar-refractivity contribution in [3.05, 3.63) is 33.5 Å². The lowest BCUT2D eigenvalue weighted by Gasteiger charge is -2.06. The first-order valence-electron chi connectivity index (χ1n) is 6.01. The summed E-state index contributed by atoms with van der Waals surface area (Å²) < 4.78 is 6.82. The molecule has 92 valence electrons. The first-order chi connectivity index (χ1) is 8.15. The number of rotatable bonds is 4. The maximum atomic E-state index is 5.64. The van der Waals surface area contributed by atoms with Gasteiger partial charge in [-0.05, 0) is 44.0 Å². The van der Waals surface area contributed by atoms with Gasteiger partial charge in [-0.15, -0.1) is 0 Å². The van der Waals surface area contributed by atoms with Crippen LogP contribution in [0.15, 0.2) is 21.2 Å². The van der Waals surface area contributed by atoms with E-state index in [1.54, 1.807) is 0 Å². The van der Waals surface area contributed by atoms with Crippen LogP contribution >= 0.6 is 15.9 Å². The Hall–Kier alpha value is -0.800. The zero-order valence-electron chi connectivity index (χ0n) is 10.6. The van der Waals surface area contributed by atoms with Crippen LogP contribution < -0.4 is 5.32 Å². The molecular weight excluding hydrogens is 278 g/mol. The Morgan fingerprint density at radius 3 is 2.82 bits per heavy atom. The van der Waals surface area contributed by atoms with Gasteiger partial charge in [-0.1, -0.05) is 22.9 Å². The van der Waals surface area contributed by atoms with Crippen molar-refractivity contribution in [1.82, 2.24) is 5.32 Å². The molecule has 0 atom stereocenters. The molecule has 0 aliphatic heterocycles. The number of fused-ring (bicyclic) bond motifs is 1. The Kier molecular flexibility index (Phi) is 3.89. The summed E-state index contributed by atoms with van der Waals surface area (Å²) in [4.78, 5) is 0. The number of furan rings is 1. The highest BCUT2D eigenvalue weighted by Crippen LogP contribution is 2.32. The van der Waals surface area contributed by atoms with Gasteiger partial charge >= 0.3 is 0 Å². The normalized spacial score (nSPS) is 11.3. The first kappa shape index (κ1) is 12.7. The van der Waals surface area contributed by atoms with Crippen LogP contribution in [0.4, 0.5) is 0 Å². The van der Waals surface area contributed by atoms with Crippen LogP contribution in [0.1, 0.15) is 30.0 Å². The van der Waals surface area contributed by atoms with Crippen molar-refractivity contribution < 1.29 is 4.42 Å². The van der Waals surface area contributed by atoms with Crippen molar-refractivity contribution in [2.75, 3.05) is 6.54 Å². The van der Waals surface area contributed by atoms with Crippen LogP contribution in [0.25, 0.3) is 11.0 Å². The summed E-state index contributed by atoms with van der Waals surface area (Å²) in [6, 6.07) is 2.09. The minimum atomic E-state index is 0.872. The third-order valence-electron chi connectivity index (χ3n) is 3.04. The summed E-state index contributed by atoms with van der Waals surface area (Å²) in [5, 5.41) is 4.66. The standard InChI is InChI=1S/C14H18BrNO/c1-4-5-16-7-11-8-17-12-6-9(2)14(15)10(3)13(11)12/h6,8,16H,4-5,7H2,1-3H3. The molecule has 2 rings (SSSR count). The van der Waals surface area contributed by atoms with Gasteiger partial charge in [0, 0.05) is 22.0 Å². The number of hydrogen-bond acceptors (Lipinski definition) is 2. The van der Waals surface area contributed by atoms with E-state index >= 15 is 0 Å². The van der Waals surface area contributed by atoms with Gasteiger partial charge in [-0.25, -0.2) is 0 Å². The molecule has 1 heterocycles. The largest absolute Gasteiger partial charge is 0.464 e. The second-order valence-corrected chi connectivity index (χ2v) is 5.24. The van der Waals surface area contributed by atoms with Gasteiger partial charge in [0.2, 0.25) is 0 Å². The van der Waals surface area contributed by atoms with E-state index in [-0.39, 0.29) is 0 Å². The molecular formula is C14H18BrNO. The number of nitrogens with one attached hydrogen (secondary N) is 1. The van der Waals surface area contributed by atoms with E-state index in [1.165, 1.54) is 26.5 Å². The molecule has 0 amide bonds. The average molecular weight is 296 g/mol. The summed E-state index contributed by atoms with van der Waals surface area (Å²) in [6.45, 7) is 8.31. The van der Waals surface area contributed by atoms with Crippen LogP contribution in [0.2, 0.25) is 0 Å². The molecule has 1 aromatic carbocycles. The fourth-order valence-corrected chi connectivity index (χ4v) is 2.45. The molecule has 0 saturated carbocycles. The van der Waals surface area contributed by atoms with Crippen LogP contribution in [-0.2, 0) is 6.54 Å². The SMILES string of the molecule is CCCNCc1coc2cc(C)c(Br)c(C)c12. The van der Waals surface area contributed by atoms with Crippen molar-refractivity contribution in [3.63, 3.8) is 0 Å². The second kappa shape index (κ2) is 5.23. The monoisotopic (exact) mass is 295 g/mol. The highest BCUT2D eigenvalue weighted by molar-refractivity contribution is 9.10. The Morgan fingerprint density at radius 1 is 1.35 bits per heavy atom. The van der Waals surface area contributed by atoms with Gasteiger partial charge in [-0.2, -0.15) is 0 Å². The fourth-order valence-electron chi connectivity index (χ4n) is 2.14. The van der Waals surface area contributed by atoms with Crippen molar-refractivity contribution in [3.8, 4) is 0 Å². The molecule has 2 aromatic rings. The Labute approximate surface area is 111 Å². The van der Waals surface area contributed by atoms with Gasteiger partial charge < -0.3 is 9.73 Å². The van der Waals surface area contributed by atoms with E-state index in [1.807, 2.05) is 6.26 Å². The van der Waals surface area contributed by atoms with Crippen LogP contribution in [0, 0.1) is 13.8 Å². The van der Waals surface area contributed by atoms with Gasteiger partial charge in [0.25, 0.3) is 0 Å². The lowest BCUT2D eigenvalue weighted by atomic mass is 10.0. The van der Waals surface area contributed by atoms with Crippen molar-refractivity contribution >= 4 is 26.9 Å². The van der Waals surface area contributed by atoms with Crippen LogP contribution in [0.3, 0.4) is 0 Å². The van der Waals surface area contributed by atoms with Gasteiger partial charge in [0.05, 0.1) is 6.26 Å². The second-order valence-electron chi connectivity index (χ2n) is 4.44. The fraction of sp³-hybridized carbons (Fsp3) is 0.429. The molecule has 1 aromatic heterocycles. The summed E-state index contributed by atoms with van der Waals surface area (Å²) in [7, 11) is 0. The number of hydrogen-bond donors (Lipinski definition) is 1. The molecule has 3 heteroatoms. The van der Waals surface area contributed by atoms with Crippen molar-refractivity contribution in [1.29, 1.82) is 0 Å². The summed E-state index contributed by atoms with van der Waals surface area (Å²) in [6.07, 6.45) is 3.02. The molecule has 0 spiro atoms. The van der Waals surface area contributed by atoms with E-state index in [2.05, 4.69) is 48.1 Å². The number of aryl methyl sites for hydroxylation is 2. The van der Waals surface area contributed by atoms with E-state index in [4.69, 9.17) is 4.42 Å². The molecule has 0 aliphatic carbocycles. The molecule has 0 fully saturated rings. The molecule has 0 saturated heterocycles. The molecule has 0 unspecified atom stereocenters. The molecule has 0 radical (unpaired) electrons. The van der Waals surface area contributed by atoms with E-state index < -0.39 is 0 Å². The van der Waals surface area contributed by atoms with Crippen molar-refractivity contribution in [2.45, 2.75) is 33.7 Å². The van der Waals surface area contributed by atoms with E-state index in [9.17, 15) is 0 Å². The zero-order valence-corrected chi connectivity index (χ0v) is 12.1.